The van der Waals surface area contributed by atoms with Crippen LogP contribution in [-0.2, 0) is 19.3 Å². The summed E-state index contributed by atoms with van der Waals surface area (Å²) in [5.41, 5.74) is 4.58. The number of carbonyl (C=O) groups is 1. The van der Waals surface area contributed by atoms with Crippen molar-refractivity contribution in [3.05, 3.63) is 72.6 Å². The molecule has 0 aliphatic heterocycles. The Hall–Kier alpha value is -1.85. The first-order valence-electron chi connectivity index (χ1n) is 9.41. The monoisotopic (exact) mass is 464 g/mol. The molecule has 1 aromatic carbocycles. The maximum atomic E-state index is 13.2. The fourth-order valence-electron chi connectivity index (χ4n) is 3.30. The van der Waals surface area contributed by atoms with Crippen LogP contribution in [-0.4, -0.2) is 5.91 Å². The number of halogens is 2. The van der Waals surface area contributed by atoms with Crippen LogP contribution in [0, 0.1) is 19.1 Å². The number of allylic oxidation sites excluding steroid dienone is 2. The van der Waals surface area contributed by atoms with Gasteiger partial charge in [0.25, 0.3) is 5.91 Å². The van der Waals surface area contributed by atoms with Gasteiger partial charge in [-0.05, 0) is 49.4 Å². The Balaban J connectivity index is 2.58. The molecule has 0 aliphatic rings. The molecule has 2 aromatic rings. The van der Waals surface area contributed by atoms with Crippen molar-refractivity contribution in [3.63, 3.8) is 0 Å². The summed E-state index contributed by atoms with van der Waals surface area (Å²) in [7, 11) is 0. The SMILES string of the molecule is CC=CCc1c(Cl)c(C(=O)Nc2c(CC)cc(Br)cc2CC)c(C)[n+]([O-])c1C. The summed E-state index contributed by atoms with van der Waals surface area (Å²) in [4.78, 5) is 13.2. The molecule has 0 atom stereocenters. The molecule has 0 saturated carbocycles. The minimum atomic E-state index is -0.361. The average Bonchev–Trinajstić information content (AvgIpc) is 2.67. The number of nitrogens with zero attached hydrogens (tertiary/aromatic N) is 1. The van der Waals surface area contributed by atoms with E-state index in [1.54, 1.807) is 13.8 Å². The molecule has 0 fully saturated rings. The van der Waals surface area contributed by atoms with Crippen molar-refractivity contribution in [1.82, 2.24) is 0 Å². The summed E-state index contributed by atoms with van der Waals surface area (Å²) >= 11 is 10.1. The van der Waals surface area contributed by atoms with Crippen molar-refractivity contribution in [2.24, 2.45) is 0 Å². The van der Waals surface area contributed by atoms with E-state index in [2.05, 4.69) is 21.2 Å². The molecule has 0 spiro atoms. The van der Waals surface area contributed by atoms with Gasteiger partial charge in [-0.25, -0.2) is 0 Å². The Morgan fingerprint density at radius 3 is 2.29 bits per heavy atom. The first kappa shape index (κ1) is 22.4. The minimum Gasteiger partial charge on any atom is -0.618 e. The third kappa shape index (κ3) is 4.41. The summed E-state index contributed by atoms with van der Waals surface area (Å²) in [5.74, 6) is -0.361. The van der Waals surface area contributed by atoms with E-state index in [-0.39, 0.29) is 11.5 Å². The van der Waals surface area contributed by atoms with Gasteiger partial charge in [0.05, 0.1) is 5.02 Å². The molecular weight excluding hydrogens is 440 g/mol. The van der Waals surface area contributed by atoms with E-state index in [4.69, 9.17) is 11.6 Å². The highest BCUT2D eigenvalue weighted by Crippen LogP contribution is 2.30. The number of aryl methyl sites for hydroxylation is 2. The van der Waals surface area contributed by atoms with Crippen molar-refractivity contribution in [2.75, 3.05) is 5.32 Å². The van der Waals surface area contributed by atoms with Gasteiger partial charge < -0.3 is 10.5 Å². The topological polar surface area (TPSA) is 56.0 Å². The number of rotatable bonds is 6. The molecule has 0 unspecified atom stereocenters. The normalized spacial score (nSPS) is 11.2. The lowest BCUT2D eigenvalue weighted by molar-refractivity contribution is -0.619. The number of carbonyl (C=O) groups excluding carboxylic acids is 1. The zero-order valence-corrected chi connectivity index (χ0v) is 19.3. The molecule has 0 aliphatic carbocycles. The molecule has 150 valence electrons. The molecule has 1 N–H and O–H groups in total. The third-order valence-electron chi connectivity index (χ3n) is 4.94. The van der Waals surface area contributed by atoms with Crippen molar-refractivity contribution in [2.45, 2.75) is 53.9 Å². The predicted molar refractivity (Wildman–Crippen MR) is 119 cm³/mol. The van der Waals surface area contributed by atoms with Gasteiger partial charge in [-0.1, -0.05) is 53.5 Å². The zero-order valence-electron chi connectivity index (χ0n) is 17.0. The van der Waals surface area contributed by atoms with Crippen molar-refractivity contribution >= 4 is 39.1 Å². The molecular formula is C22H26BrClN2O2. The lowest BCUT2D eigenvalue weighted by atomic mass is 10.0. The van der Waals surface area contributed by atoms with Gasteiger partial charge in [-0.3, -0.25) is 4.79 Å². The van der Waals surface area contributed by atoms with Gasteiger partial charge in [0.1, 0.15) is 5.56 Å². The van der Waals surface area contributed by atoms with Crippen LogP contribution in [0.15, 0.2) is 28.8 Å². The number of anilines is 1. The summed E-state index contributed by atoms with van der Waals surface area (Å²) in [6, 6.07) is 4.01. The highest BCUT2D eigenvalue weighted by atomic mass is 79.9. The Morgan fingerprint density at radius 1 is 1.21 bits per heavy atom. The number of hydrogen-bond acceptors (Lipinski definition) is 2. The van der Waals surface area contributed by atoms with E-state index in [9.17, 15) is 10.0 Å². The van der Waals surface area contributed by atoms with Crippen LogP contribution < -0.4 is 10.0 Å². The summed E-state index contributed by atoms with van der Waals surface area (Å²) in [6.07, 6.45) is 5.87. The number of hydrogen-bond donors (Lipinski definition) is 1. The van der Waals surface area contributed by atoms with Gasteiger partial charge >= 0.3 is 0 Å². The molecule has 28 heavy (non-hydrogen) atoms. The van der Waals surface area contributed by atoms with Crippen LogP contribution in [0.3, 0.4) is 0 Å². The van der Waals surface area contributed by atoms with Crippen molar-refractivity contribution < 1.29 is 9.52 Å². The highest BCUT2D eigenvalue weighted by Gasteiger charge is 2.27. The van der Waals surface area contributed by atoms with Crippen LogP contribution in [0.25, 0.3) is 0 Å². The summed E-state index contributed by atoms with van der Waals surface area (Å²) in [5, 5.41) is 16.0. The summed E-state index contributed by atoms with van der Waals surface area (Å²) in [6.45, 7) is 9.35. The number of aromatic nitrogens is 1. The zero-order chi connectivity index (χ0) is 21.0. The second-order valence-electron chi connectivity index (χ2n) is 6.67. The molecule has 2 rings (SSSR count). The standard InChI is InChI=1S/C22H26BrClN2O2/c1-6-9-10-18-13(4)26(28)14(5)19(20(18)24)22(27)25-21-15(7-2)11-17(23)12-16(21)8-3/h6,9,11-12H,7-8,10H2,1-5H3,(H,25,27). The maximum Gasteiger partial charge on any atom is 0.263 e. The first-order chi connectivity index (χ1) is 13.3. The fourth-order valence-corrected chi connectivity index (χ4v) is 4.29. The number of benzene rings is 1. The van der Waals surface area contributed by atoms with Crippen LogP contribution in [0.2, 0.25) is 5.02 Å². The number of nitrogens with one attached hydrogen (secondary N) is 1. The Kier molecular flexibility index (Phi) is 7.67. The molecule has 0 radical (unpaired) electrons. The van der Waals surface area contributed by atoms with Crippen LogP contribution in [0.1, 0.15) is 59.2 Å². The van der Waals surface area contributed by atoms with Crippen molar-refractivity contribution in [1.29, 1.82) is 0 Å². The predicted octanol–water partition coefficient (Wildman–Crippen LogP) is 5.85. The van der Waals surface area contributed by atoms with E-state index in [1.807, 2.05) is 45.1 Å². The lowest BCUT2D eigenvalue weighted by Crippen LogP contribution is -2.38. The molecule has 1 amide bonds. The van der Waals surface area contributed by atoms with E-state index in [1.165, 1.54) is 0 Å². The Morgan fingerprint density at radius 2 is 1.79 bits per heavy atom. The number of amides is 1. The van der Waals surface area contributed by atoms with E-state index >= 15 is 0 Å². The fraction of sp³-hybridized carbons (Fsp3) is 0.364. The molecule has 6 heteroatoms. The molecule has 1 aromatic heterocycles. The van der Waals surface area contributed by atoms with Gasteiger partial charge in [-0.15, -0.1) is 0 Å². The van der Waals surface area contributed by atoms with Crippen molar-refractivity contribution in [3.8, 4) is 0 Å². The second kappa shape index (κ2) is 9.57. The largest absolute Gasteiger partial charge is 0.618 e. The first-order valence-corrected chi connectivity index (χ1v) is 10.6. The van der Waals surface area contributed by atoms with Gasteiger partial charge in [-0.2, -0.15) is 4.73 Å². The quantitative estimate of drug-likeness (QED) is 0.330. The van der Waals surface area contributed by atoms with Crippen LogP contribution in [0.5, 0.6) is 0 Å². The molecule has 1 heterocycles. The number of pyridine rings is 1. The Bertz CT molecular complexity index is 914. The van der Waals surface area contributed by atoms with E-state index < -0.39 is 0 Å². The maximum absolute atomic E-state index is 13.2. The smallest absolute Gasteiger partial charge is 0.263 e. The van der Waals surface area contributed by atoms with E-state index in [0.29, 0.717) is 28.4 Å². The molecule has 0 saturated heterocycles. The van der Waals surface area contributed by atoms with Crippen LogP contribution in [0.4, 0.5) is 5.69 Å². The van der Waals surface area contributed by atoms with Crippen LogP contribution >= 0.6 is 27.5 Å². The van der Waals surface area contributed by atoms with E-state index in [0.717, 1.165) is 38.9 Å². The molecule has 4 nitrogen and oxygen atoms in total. The third-order valence-corrected chi connectivity index (χ3v) is 5.82. The second-order valence-corrected chi connectivity index (χ2v) is 7.96. The highest BCUT2D eigenvalue weighted by molar-refractivity contribution is 9.10. The van der Waals surface area contributed by atoms with Gasteiger partial charge in [0.15, 0.2) is 5.69 Å². The van der Waals surface area contributed by atoms with Gasteiger partial charge in [0.2, 0.25) is 5.69 Å². The minimum absolute atomic E-state index is 0.230. The lowest BCUT2D eigenvalue weighted by Gasteiger charge is -2.18. The Labute approximate surface area is 180 Å². The average molecular weight is 466 g/mol. The van der Waals surface area contributed by atoms with Gasteiger partial charge in [0, 0.05) is 29.6 Å². The summed E-state index contributed by atoms with van der Waals surface area (Å²) < 4.78 is 1.78. The molecule has 0 bridgehead atoms.